The van der Waals surface area contributed by atoms with Gasteiger partial charge in [0.1, 0.15) is 0 Å². The highest BCUT2D eigenvalue weighted by molar-refractivity contribution is 5.18. The van der Waals surface area contributed by atoms with E-state index < -0.39 is 0 Å². The van der Waals surface area contributed by atoms with Gasteiger partial charge < -0.3 is 15.5 Å². The van der Waals surface area contributed by atoms with Crippen molar-refractivity contribution in [3.8, 4) is 0 Å². The van der Waals surface area contributed by atoms with Crippen LogP contribution in [0.1, 0.15) is 6.42 Å². The maximum Gasteiger partial charge on any atom is 0.0929 e. The van der Waals surface area contributed by atoms with Gasteiger partial charge in [-0.3, -0.25) is 0 Å². The van der Waals surface area contributed by atoms with Gasteiger partial charge in [0.05, 0.1) is 12.7 Å². The maximum absolute atomic E-state index is 5.68. The molecule has 3 unspecified atom stereocenters. The molecule has 0 amide bonds. The Morgan fingerprint density at radius 3 is 3.46 bits per heavy atom. The number of hydrogen-bond acceptors (Lipinski definition) is 4. The maximum atomic E-state index is 5.68. The number of fused-ring (bicyclic) bond motifs is 2. The third-order valence-electron chi connectivity index (χ3n) is 3.12. The minimum absolute atomic E-state index is 0.285. The summed E-state index contributed by atoms with van der Waals surface area (Å²) in [4.78, 5) is 0. The highest BCUT2D eigenvalue weighted by Crippen LogP contribution is 2.28. The number of ether oxygens (including phenoxy) is 1. The van der Waals surface area contributed by atoms with E-state index in [4.69, 9.17) is 4.74 Å². The molecule has 0 saturated carbocycles. The third-order valence-corrected chi connectivity index (χ3v) is 3.12. The molecule has 4 nitrogen and oxygen atoms in total. The van der Waals surface area contributed by atoms with E-state index in [1.165, 1.54) is 12.1 Å². The van der Waals surface area contributed by atoms with E-state index in [-0.39, 0.29) is 6.10 Å². The van der Waals surface area contributed by atoms with Crippen LogP contribution >= 0.6 is 0 Å². The van der Waals surface area contributed by atoms with Crippen molar-refractivity contribution < 1.29 is 4.74 Å². The quantitative estimate of drug-likeness (QED) is 0.465. The molecule has 3 aliphatic rings. The van der Waals surface area contributed by atoms with Crippen LogP contribution in [0, 0.1) is 5.92 Å². The second-order valence-electron chi connectivity index (χ2n) is 3.96. The van der Waals surface area contributed by atoms with Gasteiger partial charge in [-0.05, 0) is 12.5 Å². The lowest BCUT2D eigenvalue weighted by molar-refractivity contribution is 0.0152. The fourth-order valence-corrected chi connectivity index (χ4v) is 2.41. The van der Waals surface area contributed by atoms with Crippen LogP contribution in [0.15, 0.2) is 11.8 Å². The fraction of sp³-hybridized carbons (Fsp3) is 0.778. The molecule has 2 heterocycles. The summed E-state index contributed by atoms with van der Waals surface area (Å²) in [5.74, 6) is 0.662. The average Bonchev–Trinajstić information content (AvgIpc) is 2.61. The Morgan fingerprint density at radius 2 is 2.46 bits per heavy atom. The first kappa shape index (κ1) is 7.79. The van der Waals surface area contributed by atoms with Gasteiger partial charge in [0, 0.05) is 30.7 Å². The first-order valence-corrected chi connectivity index (χ1v) is 4.99. The van der Waals surface area contributed by atoms with Crippen molar-refractivity contribution in [2.75, 3.05) is 19.7 Å². The third kappa shape index (κ3) is 1.25. The zero-order chi connectivity index (χ0) is 8.67. The molecule has 1 aliphatic carbocycles. The number of hydrogen-bond donors (Lipinski definition) is 3. The average molecular weight is 181 g/mol. The molecule has 0 spiro atoms. The molecule has 72 valence electrons. The monoisotopic (exact) mass is 181 g/mol. The van der Waals surface area contributed by atoms with Crippen LogP contribution in [0.25, 0.3) is 0 Å². The Labute approximate surface area is 77.7 Å². The molecular weight excluding hydrogens is 166 g/mol. The van der Waals surface area contributed by atoms with Crippen molar-refractivity contribution >= 4 is 0 Å². The van der Waals surface area contributed by atoms with Crippen LogP contribution in [-0.2, 0) is 4.74 Å². The highest BCUT2D eigenvalue weighted by Gasteiger charge is 2.35. The van der Waals surface area contributed by atoms with E-state index >= 15 is 0 Å². The predicted molar refractivity (Wildman–Crippen MR) is 48.9 cm³/mol. The second kappa shape index (κ2) is 2.97. The van der Waals surface area contributed by atoms with Crippen molar-refractivity contribution in [3.05, 3.63) is 11.8 Å². The van der Waals surface area contributed by atoms with E-state index in [1.54, 1.807) is 0 Å². The smallest absolute Gasteiger partial charge is 0.0929 e. The summed E-state index contributed by atoms with van der Waals surface area (Å²) in [5, 5.41) is 3.51. The molecule has 0 aromatic rings. The summed E-state index contributed by atoms with van der Waals surface area (Å²) < 4.78 is 5.68. The Bertz CT molecular complexity index is 241. The van der Waals surface area contributed by atoms with Crippen LogP contribution in [0.3, 0.4) is 0 Å². The zero-order valence-corrected chi connectivity index (χ0v) is 7.55. The molecule has 2 aliphatic heterocycles. The summed E-state index contributed by atoms with van der Waals surface area (Å²) in [6, 6.07) is 0.532. The van der Waals surface area contributed by atoms with E-state index in [0.717, 1.165) is 19.7 Å². The van der Waals surface area contributed by atoms with E-state index in [0.29, 0.717) is 12.0 Å². The molecule has 3 rings (SSSR count). The highest BCUT2D eigenvalue weighted by atomic mass is 16.5. The Balaban J connectivity index is 1.83. The van der Waals surface area contributed by atoms with Gasteiger partial charge in [0.2, 0.25) is 0 Å². The van der Waals surface area contributed by atoms with Crippen molar-refractivity contribution in [1.29, 1.82) is 0 Å². The van der Waals surface area contributed by atoms with Crippen molar-refractivity contribution in [2.45, 2.75) is 18.6 Å². The molecule has 0 aromatic carbocycles. The zero-order valence-electron chi connectivity index (χ0n) is 7.55. The van der Waals surface area contributed by atoms with Gasteiger partial charge in [-0.25, -0.2) is 5.43 Å². The Hall–Kier alpha value is -0.580. The lowest BCUT2D eigenvalue weighted by atomic mass is 9.87. The predicted octanol–water partition coefficient (Wildman–Crippen LogP) is -0.645. The number of morpholine rings is 1. The van der Waals surface area contributed by atoms with Gasteiger partial charge in [-0.1, -0.05) is 0 Å². The van der Waals surface area contributed by atoms with E-state index in [1.807, 2.05) is 0 Å². The first-order valence-electron chi connectivity index (χ1n) is 4.99. The van der Waals surface area contributed by atoms with E-state index in [9.17, 15) is 0 Å². The summed E-state index contributed by atoms with van der Waals surface area (Å²) in [5.41, 5.74) is 7.69. The largest absolute Gasteiger partial charge is 0.371 e. The standard InChI is InChI=1S/C9H15N3O/c1-2-13-9-4-7-6(5-11-12-7)3-8(9)10-1/h4,6,8-12H,1-3,5H2. The first-order chi connectivity index (χ1) is 6.43. The molecule has 13 heavy (non-hydrogen) atoms. The number of hydrazine groups is 1. The van der Waals surface area contributed by atoms with Crippen LogP contribution in [0.5, 0.6) is 0 Å². The molecule has 4 heteroatoms. The van der Waals surface area contributed by atoms with Gasteiger partial charge in [-0.15, -0.1) is 0 Å². The van der Waals surface area contributed by atoms with Crippen LogP contribution < -0.4 is 16.2 Å². The Morgan fingerprint density at radius 1 is 1.46 bits per heavy atom. The summed E-state index contributed by atoms with van der Waals surface area (Å²) in [6.07, 6.45) is 3.70. The van der Waals surface area contributed by atoms with Crippen LogP contribution in [0.4, 0.5) is 0 Å². The molecular formula is C9H15N3O. The van der Waals surface area contributed by atoms with Crippen molar-refractivity contribution in [2.24, 2.45) is 5.92 Å². The molecule has 2 fully saturated rings. The molecule has 0 radical (unpaired) electrons. The van der Waals surface area contributed by atoms with Crippen molar-refractivity contribution in [1.82, 2.24) is 16.2 Å². The lowest BCUT2D eigenvalue weighted by Gasteiger charge is -2.36. The summed E-state index contributed by atoms with van der Waals surface area (Å²) in [6.45, 7) is 2.89. The molecule has 3 N–H and O–H groups in total. The van der Waals surface area contributed by atoms with Gasteiger partial charge in [0.25, 0.3) is 0 Å². The van der Waals surface area contributed by atoms with Gasteiger partial charge >= 0.3 is 0 Å². The molecule has 2 saturated heterocycles. The lowest BCUT2D eigenvalue weighted by Crippen LogP contribution is -2.50. The minimum Gasteiger partial charge on any atom is -0.371 e. The second-order valence-corrected chi connectivity index (χ2v) is 3.96. The fourth-order valence-electron chi connectivity index (χ4n) is 2.41. The minimum atomic E-state index is 0.285. The number of rotatable bonds is 0. The van der Waals surface area contributed by atoms with Crippen molar-refractivity contribution in [3.63, 3.8) is 0 Å². The topological polar surface area (TPSA) is 45.3 Å². The summed E-state index contributed by atoms with van der Waals surface area (Å²) in [7, 11) is 0. The van der Waals surface area contributed by atoms with Gasteiger partial charge in [-0.2, -0.15) is 0 Å². The summed E-state index contributed by atoms with van der Waals surface area (Å²) >= 11 is 0. The SMILES string of the molecule is C1=C2NNCC2CC2NCCOC12. The number of nitrogens with one attached hydrogen (secondary N) is 3. The molecule has 0 bridgehead atoms. The Kier molecular flexibility index (Phi) is 1.78. The van der Waals surface area contributed by atoms with Gasteiger partial charge in [0.15, 0.2) is 0 Å². The normalized spacial score (nSPS) is 43.1. The molecule has 3 atom stereocenters. The van der Waals surface area contributed by atoms with Crippen LogP contribution in [-0.4, -0.2) is 31.8 Å². The van der Waals surface area contributed by atoms with Crippen LogP contribution in [0.2, 0.25) is 0 Å². The van der Waals surface area contributed by atoms with E-state index in [2.05, 4.69) is 22.2 Å². The molecule has 0 aromatic heterocycles.